The van der Waals surface area contributed by atoms with Crippen molar-refractivity contribution >= 4 is 5.97 Å². The van der Waals surface area contributed by atoms with Crippen LogP contribution in [0.25, 0.3) is 0 Å². The molecule has 2 aliphatic rings. The largest absolute Gasteiger partial charge is 0.480 e. The van der Waals surface area contributed by atoms with E-state index < -0.39 is 11.5 Å². The fourth-order valence-electron chi connectivity index (χ4n) is 3.33. The number of aliphatic carboxylic acids is 1. The maximum absolute atomic E-state index is 11.7. The first-order chi connectivity index (χ1) is 8.90. The van der Waals surface area contributed by atoms with Crippen LogP contribution in [0, 0.1) is 5.92 Å². The van der Waals surface area contributed by atoms with E-state index in [0.717, 1.165) is 25.9 Å². The number of rotatable bonds is 5. The molecule has 0 aromatic heterocycles. The van der Waals surface area contributed by atoms with Crippen LogP contribution in [0.1, 0.15) is 26.7 Å². The molecule has 0 spiro atoms. The lowest BCUT2D eigenvalue weighted by atomic mass is 9.91. The van der Waals surface area contributed by atoms with Crippen molar-refractivity contribution in [3.63, 3.8) is 0 Å². The number of carboxylic acid groups (broad SMARTS) is 1. The average Bonchev–Trinajstić information content (AvgIpc) is 3.17. The van der Waals surface area contributed by atoms with Gasteiger partial charge in [0, 0.05) is 31.7 Å². The standard InChI is InChI=1S/C14H27N3O2/c1-10-7-17(8-11(2)16(10)4)9-14(15-3,13(18)19)12-5-6-12/h10-12,15H,5-9H2,1-4H3,(H,18,19). The van der Waals surface area contributed by atoms with Crippen molar-refractivity contribution in [2.24, 2.45) is 5.92 Å². The topological polar surface area (TPSA) is 55.8 Å². The highest BCUT2D eigenvalue weighted by molar-refractivity contribution is 5.80. The zero-order chi connectivity index (χ0) is 14.2. The highest BCUT2D eigenvalue weighted by Gasteiger charge is 2.51. The van der Waals surface area contributed by atoms with Gasteiger partial charge in [-0.3, -0.25) is 14.6 Å². The Morgan fingerprint density at radius 3 is 2.21 bits per heavy atom. The fraction of sp³-hybridized carbons (Fsp3) is 0.929. The van der Waals surface area contributed by atoms with Crippen LogP contribution in [-0.2, 0) is 4.79 Å². The Hall–Kier alpha value is -0.650. The first kappa shape index (κ1) is 14.8. The molecule has 19 heavy (non-hydrogen) atoms. The molecule has 5 nitrogen and oxygen atoms in total. The Labute approximate surface area is 115 Å². The number of nitrogens with zero attached hydrogens (tertiary/aromatic N) is 2. The van der Waals surface area contributed by atoms with Gasteiger partial charge in [-0.2, -0.15) is 0 Å². The minimum absolute atomic E-state index is 0.292. The van der Waals surface area contributed by atoms with Crippen LogP contribution in [0.15, 0.2) is 0 Å². The Morgan fingerprint density at radius 2 is 1.84 bits per heavy atom. The molecule has 2 N–H and O–H groups in total. The summed E-state index contributed by atoms with van der Waals surface area (Å²) >= 11 is 0. The number of piperazine rings is 1. The summed E-state index contributed by atoms with van der Waals surface area (Å²) in [5.41, 5.74) is -0.755. The molecule has 1 aliphatic heterocycles. The Balaban J connectivity index is 2.07. The molecule has 5 heteroatoms. The second-order valence-electron chi connectivity index (χ2n) is 6.36. The third-order valence-corrected chi connectivity index (χ3v) is 5.01. The summed E-state index contributed by atoms with van der Waals surface area (Å²) in [7, 11) is 3.94. The van der Waals surface area contributed by atoms with Crippen LogP contribution in [0.2, 0.25) is 0 Å². The van der Waals surface area contributed by atoms with E-state index in [1.165, 1.54) is 0 Å². The monoisotopic (exact) mass is 269 g/mol. The van der Waals surface area contributed by atoms with Crippen molar-refractivity contribution in [2.75, 3.05) is 33.7 Å². The first-order valence-corrected chi connectivity index (χ1v) is 7.27. The summed E-state index contributed by atoms with van der Waals surface area (Å²) in [5, 5.41) is 12.8. The zero-order valence-electron chi connectivity index (χ0n) is 12.5. The number of nitrogens with one attached hydrogen (secondary N) is 1. The third kappa shape index (κ3) is 2.78. The van der Waals surface area contributed by atoms with Crippen molar-refractivity contribution in [3.8, 4) is 0 Å². The first-order valence-electron chi connectivity index (χ1n) is 7.27. The van der Waals surface area contributed by atoms with Crippen LogP contribution in [0.3, 0.4) is 0 Å². The van der Waals surface area contributed by atoms with Gasteiger partial charge in [-0.05, 0) is 46.7 Å². The molecule has 3 unspecified atom stereocenters. The number of likely N-dealkylation sites (N-methyl/N-ethyl adjacent to an activating group) is 2. The van der Waals surface area contributed by atoms with Gasteiger partial charge in [0.2, 0.25) is 0 Å². The van der Waals surface area contributed by atoms with Crippen molar-refractivity contribution in [1.29, 1.82) is 0 Å². The fourth-order valence-corrected chi connectivity index (χ4v) is 3.33. The Kier molecular flexibility index (Phi) is 4.18. The smallest absolute Gasteiger partial charge is 0.325 e. The quantitative estimate of drug-likeness (QED) is 0.759. The molecule has 1 aliphatic carbocycles. The third-order valence-electron chi connectivity index (χ3n) is 5.01. The highest BCUT2D eigenvalue weighted by Crippen LogP contribution is 2.40. The maximum atomic E-state index is 11.7. The lowest BCUT2D eigenvalue weighted by molar-refractivity contribution is -0.147. The van der Waals surface area contributed by atoms with Crippen LogP contribution in [-0.4, -0.2) is 72.2 Å². The van der Waals surface area contributed by atoms with Crippen molar-refractivity contribution < 1.29 is 9.90 Å². The van der Waals surface area contributed by atoms with Gasteiger partial charge in [0.1, 0.15) is 5.54 Å². The Morgan fingerprint density at radius 1 is 1.32 bits per heavy atom. The van der Waals surface area contributed by atoms with E-state index in [1.54, 1.807) is 7.05 Å². The predicted molar refractivity (Wildman–Crippen MR) is 75.3 cm³/mol. The zero-order valence-corrected chi connectivity index (χ0v) is 12.5. The second-order valence-corrected chi connectivity index (χ2v) is 6.36. The van der Waals surface area contributed by atoms with Gasteiger partial charge < -0.3 is 10.4 Å². The van der Waals surface area contributed by atoms with E-state index >= 15 is 0 Å². The maximum Gasteiger partial charge on any atom is 0.325 e. The Bertz CT molecular complexity index is 334. The summed E-state index contributed by atoms with van der Waals surface area (Å²) in [6, 6.07) is 0.956. The molecular weight excluding hydrogens is 242 g/mol. The molecule has 1 saturated heterocycles. The molecule has 0 radical (unpaired) electrons. The highest BCUT2D eigenvalue weighted by atomic mass is 16.4. The molecule has 110 valence electrons. The van der Waals surface area contributed by atoms with Crippen molar-refractivity contribution in [2.45, 2.75) is 44.3 Å². The molecule has 0 aromatic rings. The van der Waals surface area contributed by atoms with E-state index in [9.17, 15) is 9.90 Å². The molecule has 3 atom stereocenters. The van der Waals surface area contributed by atoms with Crippen LogP contribution in [0.4, 0.5) is 0 Å². The SMILES string of the molecule is CNC(CN1CC(C)N(C)C(C)C1)(C(=O)O)C1CC1. The molecule has 0 aromatic carbocycles. The summed E-state index contributed by atoms with van der Waals surface area (Å²) < 4.78 is 0. The summed E-state index contributed by atoms with van der Waals surface area (Å²) in [6.07, 6.45) is 2.07. The minimum atomic E-state index is -0.755. The number of hydrogen-bond donors (Lipinski definition) is 2. The van der Waals surface area contributed by atoms with E-state index in [1.807, 2.05) is 0 Å². The van der Waals surface area contributed by atoms with E-state index in [2.05, 4.69) is 36.0 Å². The van der Waals surface area contributed by atoms with Gasteiger partial charge in [-0.1, -0.05) is 0 Å². The molecule has 0 bridgehead atoms. The van der Waals surface area contributed by atoms with Crippen molar-refractivity contribution in [1.82, 2.24) is 15.1 Å². The molecular formula is C14H27N3O2. The van der Waals surface area contributed by atoms with Gasteiger partial charge >= 0.3 is 5.97 Å². The molecule has 2 rings (SSSR count). The van der Waals surface area contributed by atoms with Crippen LogP contribution >= 0.6 is 0 Å². The number of hydrogen-bond acceptors (Lipinski definition) is 4. The molecule has 1 saturated carbocycles. The second kappa shape index (κ2) is 5.38. The minimum Gasteiger partial charge on any atom is -0.480 e. The summed E-state index contributed by atoms with van der Waals surface area (Å²) in [5.74, 6) is -0.406. The van der Waals surface area contributed by atoms with E-state index in [0.29, 0.717) is 24.5 Å². The van der Waals surface area contributed by atoms with Crippen LogP contribution in [0.5, 0.6) is 0 Å². The van der Waals surface area contributed by atoms with Gasteiger partial charge in [0.25, 0.3) is 0 Å². The lowest BCUT2D eigenvalue weighted by Gasteiger charge is -2.45. The van der Waals surface area contributed by atoms with Crippen LogP contribution < -0.4 is 5.32 Å². The van der Waals surface area contributed by atoms with Gasteiger partial charge in [-0.15, -0.1) is 0 Å². The van der Waals surface area contributed by atoms with E-state index in [-0.39, 0.29) is 0 Å². The summed E-state index contributed by atoms with van der Waals surface area (Å²) in [6.45, 7) is 6.93. The molecule has 2 fully saturated rings. The van der Waals surface area contributed by atoms with Crippen molar-refractivity contribution in [3.05, 3.63) is 0 Å². The molecule has 0 amide bonds. The number of carboxylic acids is 1. The van der Waals surface area contributed by atoms with Gasteiger partial charge in [0.15, 0.2) is 0 Å². The van der Waals surface area contributed by atoms with E-state index in [4.69, 9.17) is 0 Å². The van der Waals surface area contributed by atoms with Gasteiger partial charge in [-0.25, -0.2) is 0 Å². The molecule has 1 heterocycles. The lowest BCUT2D eigenvalue weighted by Crippen LogP contribution is -2.64. The number of carbonyl (C=O) groups is 1. The normalized spacial score (nSPS) is 33.1. The summed E-state index contributed by atoms with van der Waals surface area (Å²) in [4.78, 5) is 16.4. The van der Waals surface area contributed by atoms with Gasteiger partial charge in [0.05, 0.1) is 0 Å². The predicted octanol–water partition coefficient (Wildman–Crippen LogP) is 0.464. The average molecular weight is 269 g/mol.